The number of carbonyl (C=O) groups is 5. The molecule has 2 saturated heterocycles. The molecule has 2 aromatic heterocycles. The number of nitrogens with one attached hydrogen (secondary N) is 2. The first-order chi connectivity index (χ1) is 29.2. The summed E-state index contributed by atoms with van der Waals surface area (Å²) in [5, 5.41) is 24.4. The Balaban J connectivity index is 0.000000943. The number of hydrogen-bond donors (Lipinski definition) is 3. The van der Waals surface area contributed by atoms with Gasteiger partial charge in [-0.1, -0.05) is 102 Å². The SMILES string of the molecule is Cc1ccc2nc(NC(=O)OC(C)Cl)sc2c1.Cc1ccc2nc(NC(=O)OC(C)OC(=O)CCCC[C@@H]3CCSS3)sc2c1.O=C(O)CCCC[C@@H]1CCSS1.O=CO[O-].[H-].[K+].[K+]. The smallest absolute Gasteiger partial charge is 1.00 e. The Hall–Kier alpha value is 0.0927. The van der Waals surface area contributed by atoms with E-state index in [-0.39, 0.29) is 117 Å². The molecule has 3 N–H and O–H groups in total. The van der Waals surface area contributed by atoms with Crippen LogP contribution in [0.5, 0.6) is 0 Å². The molecule has 2 amide bonds. The third-order valence-electron chi connectivity index (χ3n) is 8.16. The Labute approximate surface area is 483 Å². The van der Waals surface area contributed by atoms with Gasteiger partial charge in [-0.15, -0.1) is 0 Å². The number of anilines is 2. The molecule has 6 rings (SSSR count). The van der Waals surface area contributed by atoms with E-state index in [4.69, 9.17) is 41.0 Å². The monoisotopic (exact) mass is 1060 g/mol. The second kappa shape index (κ2) is 35.2. The second-order valence-corrected chi connectivity index (χ2v) is 21.6. The number of benzene rings is 2. The number of hydrogen-bond acceptors (Lipinski definition) is 18. The normalized spacial score (nSPS) is 15.8. The van der Waals surface area contributed by atoms with Crippen molar-refractivity contribution in [3.8, 4) is 0 Å². The number of rotatable bonds is 16. The Morgan fingerprint density at radius 3 is 1.68 bits per heavy atom. The number of esters is 1. The van der Waals surface area contributed by atoms with Crippen LogP contribution in [-0.2, 0) is 33.5 Å². The van der Waals surface area contributed by atoms with E-state index in [2.05, 4.69) is 25.5 Å². The molecule has 4 aromatic rings. The van der Waals surface area contributed by atoms with Crippen LogP contribution in [-0.4, -0.2) is 79.5 Å². The van der Waals surface area contributed by atoms with Gasteiger partial charge in [-0.05, 0) is 94.7 Å². The van der Waals surface area contributed by atoms with Gasteiger partial charge >= 0.3 is 127 Å². The van der Waals surface area contributed by atoms with Crippen molar-refractivity contribution in [3.63, 3.8) is 0 Å². The number of carboxylic acids is 1. The third kappa shape index (κ3) is 27.0. The maximum absolute atomic E-state index is 12.0. The molecule has 0 aliphatic carbocycles. The number of halogens is 1. The largest absolute Gasteiger partial charge is 1.00 e. The average molecular weight is 1060 g/mol. The Kier molecular flexibility index (Phi) is 34.2. The first-order valence-electron chi connectivity index (χ1n) is 19.3. The van der Waals surface area contributed by atoms with Crippen LogP contribution in [0, 0.1) is 13.8 Å². The summed E-state index contributed by atoms with van der Waals surface area (Å²) < 4.78 is 17.0. The quantitative estimate of drug-likeness (QED) is 0.0158. The van der Waals surface area contributed by atoms with Gasteiger partial charge in [-0.25, -0.2) is 19.6 Å². The van der Waals surface area contributed by atoms with Crippen LogP contribution in [0.1, 0.15) is 90.6 Å². The van der Waals surface area contributed by atoms with Crippen LogP contribution >= 0.6 is 77.5 Å². The maximum Gasteiger partial charge on any atom is 1.00 e. The van der Waals surface area contributed by atoms with Gasteiger partial charge in [0.2, 0.25) is 6.29 Å². The molecule has 0 radical (unpaired) electrons. The number of amides is 2. The van der Waals surface area contributed by atoms with Crippen molar-refractivity contribution < 1.29 is 158 Å². The zero-order valence-corrected chi connectivity index (χ0v) is 48.0. The van der Waals surface area contributed by atoms with E-state index in [1.54, 1.807) is 6.92 Å². The van der Waals surface area contributed by atoms with Gasteiger partial charge in [0.15, 0.2) is 15.8 Å². The summed E-state index contributed by atoms with van der Waals surface area (Å²) >= 11 is 8.31. The van der Waals surface area contributed by atoms with Gasteiger partial charge in [-0.2, -0.15) is 0 Å². The molecule has 4 heterocycles. The minimum Gasteiger partial charge on any atom is -1.00 e. The van der Waals surface area contributed by atoms with Crippen LogP contribution in [0.15, 0.2) is 36.4 Å². The topological polar surface area (TPSA) is 215 Å². The molecule has 2 aliphatic rings. The van der Waals surface area contributed by atoms with E-state index in [0.717, 1.165) is 74.2 Å². The molecule has 24 heteroatoms. The van der Waals surface area contributed by atoms with Crippen molar-refractivity contribution in [3.05, 3.63) is 47.5 Å². The molecular weight excluding hydrogens is 1010 g/mol. The Morgan fingerprint density at radius 2 is 1.27 bits per heavy atom. The van der Waals surface area contributed by atoms with E-state index in [1.165, 1.54) is 60.4 Å². The predicted molar refractivity (Wildman–Crippen MR) is 250 cm³/mol. The first-order valence-corrected chi connectivity index (χ1v) is 26.1. The number of carboxylic acid groups (broad SMARTS) is 1. The number of thiazole rings is 2. The summed E-state index contributed by atoms with van der Waals surface area (Å²) in [6.07, 6.45) is 7.09. The Bertz CT molecular complexity index is 2000. The minimum absolute atomic E-state index is 0. The van der Waals surface area contributed by atoms with Gasteiger partial charge in [0.05, 0.1) is 20.4 Å². The van der Waals surface area contributed by atoms with Crippen LogP contribution in [0.2, 0.25) is 0 Å². The summed E-state index contributed by atoms with van der Waals surface area (Å²) in [6.45, 7) is 6.94. The molecule has 338 valence electrons. The molecule has 15 nitrogen and oxygen atoms in total. The van der Waals surface area contributed by atoms with Crippen molar-refractivity contribution in [2.24, 2.45) is 0 Å². The zero-order valence-electron chi connectivity index (χ0n) is 37.1. The van der Waals surface area contributed by atoms with Crippen molar-refractivity contribution in [2.75, 3.05) is 22.1 Å². The molecule has 2 aromatic carbocycles. The Morgan fingerprint density at radius 1 is 0.810 bits per heavy atom. The van der Waals surface area contributed by atoms with E-state index in [9.17, 15) is 19.2 Å². The van der Waals surface area contributed by atoms with Gasteiger partial charge in [0, 0.05) is 41.8 Å². The number of aryl methyl sites for hydroxylation is 2. The van der Waals surface area contributed by atoms with Crippen molar-refractivity contribution >= 4 is 139 Å². The second-order valence-electron chi connectivity index (χ2n) is 13.4. The number of alkyl halides is 1. The van der Waals surface area contributed by atoms with Crippen molar-refractivity contribution in [2.45, 2.75) is 114 Å². The fraction of sp³-hybridized carbons (Fsp3) is 0.513. The van der Waals surface area contributed by atoms with Crippen molar-refractivity contribution in [1.82, 2.24) is 9.97 Å². The molecule has 2 unspecified atom stereocenters. The summed E-state index contributed by atoms with van der Waals surface area (Å²) in [6, 6.07) is 11.8. The molecule has 63 heavy (non-hydrogen) atoms. The number of unbranched alkanes of at least 4 members (excludes halogenated alkanes) is 2. The molecule has 0 spiro atoms. The number of aromatic nitrogens is 2. The summed E-state index contributed by atoms with van der Waals surface area (Å²) in [7, 11) is 7.80. The third-order valence-corrected chi connectivity index (χ3v) is 16.1. The molecular formula is C39H51ClK2N4O11S6. The number of carbonyl (C=O) groups excluding carboxylic acids is 4. The number of aliphatic carboxylic acids is 1. The predicted octanol–water partition coefficient (Wildman–Crippen LogP) is 4.83. The summed E-state index contributed by atoms with van der Waals surface area (Å²) in [4.78, 5) is 65.2. The van der Waals surface area contributed by atoms with E-state index < -0.39 is 30.0 Å². The standard InChI is InChI=1S/C19H24N2O4S3.C11H11ClN2O2S.C8H14O2S2.CH2O3.2K.H/c1-12-7-8-15-16(11-12)27-18(20-15)21-19(23)25-13(2)24-17(22)6-4-3-5-14-9-10-26-28-14;1-6-3-4-8-9(5-6)17-10(13-8)14-11(15)16-7(2)12;9-8(10)4-2-1-3-7-5-6-11-12-7;2-1-4-3;;;/h7-8,11,13-14H,3-6,9-10H2,1-2H3,(H,20,21,23);3-5,7H,1-2H3,(H,13,14,15);7H,1-6H2,(H,9,10);1,3H;;;/q;;;;2*+1;-1/p-1/t13?,14-;;7-;;;;/m1.1..../s1. The molecule has 0 bridgehead atoms. The van der Waals surface area contributed by atoms with Crippen LogP contribution in [0.3, 0.4) is 0 Å². The van der Waals surface area contributed by atoms with Crippen LogP contribution in [0.4, 0.5) is 19.9 Å². The van der Waals surface area contributed by atoms with Gasteiger partial charge in [0.1, 0.15) is 0 Å². The molecule has 0 saturated carbocycles. The molecule has 2 fully saturated rings. The van der Waals surface area contributed by atoms with Crippen LogP contribution in [0.25, 0.3) is 20.4 Å². The van der Waals surface area contributed by atoms with Crippen molar-refractivity contribution in [1.29, 1.82) is 0 Å². The van der Waals surface area contributed by atoms with Crippen LogP contribution < -0.4 is 119 Å². The first kappa shape index (κ1) is 61.1. The maximum atomic E-state index is 12.0. The van der Waals surface area contributed by atoms with E-state index in [1.807, 2.05) is 93.4 Å². The number of ether oxygens (including phenoxy) is 3. The number of nitrogens with zero attached hydrogens (tertiary/aromatic N) is 2. The van der Waals surface area contributed by atoms with Gasteiger partial charge in [0.25, 0.3) is 6.47 Å². The van der Waals surface area contributed by atoms with Gasteiger partial charge < -0.3 is 30.9 Å². The molecule has 2 aliphatic heterocycles. The van der Waals surface area contributed by atoms with Gasteiger partial charge in [-0.3, -0.25) is 25.0 Å². The average Bonchev–Trinajstić information content (AvgIpc) is 4.03. The fourth-order valence-electron chi connectivity index (χ4n) is 5.39. The van der Waals surface area contributed by atoms with E-state index >= 15 is 0 Å². The summed E-state index contributed by atoms with van der Waals surface area (Å²) in [5.74, 6) is 1.49. The molecule has 4 atom stereocenters. The number of fused-ring (bicyclic) bond motifs is 2. The summed E-state index contributed by atoms with van der Waals surface area (Å²) in [5.41, 5.74) is 3.30. The zero-order chi connectivity index (χ0) is 44.6. The minimum atomic E-state index is -0.939. The van der Waals surface area contributed by atoms with E-state index in [0.29, 0.717) is 23.1 Å². The fourth-order valence-corrected chi connectivity index (χ4v) is 13.4.